The Kier molecular flexibility index (Phi) is 7.06. The highest BCUT2D eigenvalue weighted by atomic mass is 19.1. The Bertz CT molecular complexity index is 1270. The second-order valence-corrected chi connectivity index (χ2v) is 8.03. The lowest BCUT2D eigenvalue weighted by Gasteiger charge is -2.23. The van der Waals surface area contributed by atoms with Gasteiger partial charge in [-0.3, -0.25) is 9.59 Å². The number of hydrogen-bond acceptors (Lipinski definition) is 6. The van der Waals surface area contributed by atoms with Crippen molar-refractivity contribution in [1.82, 2.24) is 15.1 Å². The largest absolute Gasteiger partial charge is 0.496 e. The standard InChI is InChI=1S/C24H23F3N4O4/c1-34-21-5-4-14(25)8-17(21)24(33)29-10-13-7-20(27)16(9-19(13)26)22-18(11-32)23(28)31(30-22)15-3-2-6-35-12-15/h4-5,7-9,11,15H,2-3,6,10,12,28H2,1H3,(H,29,33). The van der Waals surface area contributed by atoms with Crippen LogP contribution < -0.4 is 15.8 Å². The number of methoxy groups -OCH3 is 1. The molecule has 0 radical (unpaired) electrons. The van der Waals surface area contributed by atoms with Gasteiger partial charge in [0, 0.05) is 24.3 Å². The Morgan fingerprint density at radius 2 is 2.09 bits per heavy atom. The van der Waals surface area contributed by atoms with Crippen molar-refractivity contribution in [3.63, 3.8) is 0 Å². The third-order valence-corrected chi connectivity index (χ3v) is 5.82. The van der Waals surface area contributed by atoms with Crippen molar-refractivity contribution in [1.29, 1.82) is 0 Å². The van der Waals surface area contributed by atoms with E-state index in [0.717, 1.165) is 37.1 Å². The molecule has 1 saturated heterocycles. The molecule has 2 heterocycles. The van der Waals surface area contributed by atoms with Gasteiger partial charge in [0.15, 0.2) is 6.29 Å². The SMILES string of the molecule is COc1ccc(F)cc1C(=O)NCc1cc(F)c(-c2nn(C3CCCOC3)c(N)c2C=O)cc1F. The van der Waals surface area contributed by atoms with E-state index in [4.69, 9.17) is 15.2 Å². The zero-order valence-electron chi connectivity index (χ0n) is 18.8. The Morgan fingerprint density at radius 3 is 2.77 bits per heavy atom. The second kappa shape index (κ2) is 10.2. The van der Waals surface area contributed by atoms with E-state index in [-0.39, 0.29) is 52.1 Å². The topological polar surface area (TPSA) is 108 Å². The molecule has 1 aliphatic rings. The number of halogens is 3. The lowest BCUT2D eigenvalue weighted by Crippen LogP contribution is -2.24. The minimum absolute atomic E-state index is 0.0469. The first-order valence-electron chi connectivity index (χ1n) is 10.8. The maximum atomic E-state index is 15.1. The third kappa shape index (κ3) is 4.85. The van der Waals surface area contributed by atoms with Gasteiger partial charge >= 0.3 is 0 Å². The zero-order valence-corrected chi connectivity index (χ0v) is 18.8. The molecule has 8 nitrogen and oxygen atoms in total. The van der Waals surface area contributed by atoms with Gasteiger partial charge in [-0.2, -0.15) is 5.10 Å². The van der Waals surface area contributed by atoms with E-state index in [9.17, 15) is 18.4 Å². The van der Waals surface area contributed by atoms with Crippen LogP contribution in [0.5, 0.6) is 5.75 Å². The number of anilines is 1. The molecule has 35 heavy (non-hydrogen) atoms. The van der Waals surface area contributed by atoms with Gasteiger partial charge in [-0.05, 0) is 43.2 Å². The molecule has 0 bridgehead atoms. The fourth-order valence-corrected chi connectivity index (χ4v) is 4.00. The van der Waals surface area contributed by atoms with Crippen LogP contribution in [0.2, 0.25) is 0 Å². The van der Waals surface area contributed by atoms with Crippen LogP contribution in [0, 0.1) is 17.5 Å². The summed E-state index contributed by atoms with van der Waals surface area (Å²) in [7, 11) is 1.32. The summed E-state index contributed by atoms with van der Waals surface area (Å²) >= 11 is 0. The highest BCUT2D eigenvalue weighted by Crippen LogP contribution is 2.33. The Hall–Kier alpha value is -3.86. The van der Waals surface area contributed by atoms with E-state index in [1.165, 1.54) is 17.9 Å². The molecule has 0 saturated carbocycles. The van der Waals surface area contributed by atoms with Gasteiger partial charge in [0.2, 0.25) is 0 Å². The summed E-state index contributed by atoms with van der Waals surface area (Å²) in [5.41, 5.74) is 5.46. The highest BCUT2D eigenvalue weighted by molar-refractivity contribution is 5.97. The van der Waals surface area contributed by atoms with Gasteiger partial charge < -0.3 is 20.5 Å². The molecule has 1 aliphatic heterocycles. The number of amides is 1. The molecule has 1 unspecified atom stereocenters. The van der Waals surface area contributed by atoms with E-state index in [1.807, 2.05) is 0 Å². The number of carbonyl (C=O) groups is 2. The average Bonchev–Trinajstić information content (AvgIpc) is 3.20. The molecule has 0 spiro atoms. The van der Waals surface area contributed by atoms with Gasteiger partial charge in [0.05, 0.1) is 30.9 Å². The molecule has 1 amide bonds. The van der Waals surface area contributed by atoms with Crippen LogP contribution in [0.1, 0.15) is 45.2 Å². The molecule has 4 rings (SSSR count). The number of nitrogen functional groups attached to an aromatic ring is 1. The van der Waals surface area contributed by atoms with Gasteiger partial charge in [0.25, 0.3) is 5.91 Å². The predicted octanol–water partition coefficient (Wildman–Crippen LogP) is 3.65. The Balaban J connectivity index is 1.59. The Morgan fingerprint density at radius 1 is 1.29 bits per heavy atom. The number of nitrogens with two attached hydrogens (primary N) is 1. The maximum absolute atomic E-state index is 15.1. The Labute approximate surface area is 198 Å². The molecule has 2 aromatic carbocycles. The van der Waals surface area contributed by atoms with Crippen LogP contribution >= 0.6 is 0 Å². The number of nitrogens with zero attached hydrogens (tertiary/aromatic N) is 2. The lowest BCUT2D eigenvalue weighted by atomic mass is 10.0. The number of benzene rings is 2. The van der Waals surface area contributed by atoms with E-state index < -0.39 is 23.4 Å². The summed E-state index contributed by atoms with van der Waals surface area (Å²) in [6.45, 7) is 0.572. The minimum atomic E-state index is -0.855. The fraction of sp³-hybridized carbons (Fsp3) is 0.292. The van der Waals surface area contributed by atoms with Gasteiger partial charge in [0.1, 0.15) is 34.7 Å². The molecule has 0 aliphatic carbocycles. The van der Waals surface area contributed by atoms with E-state index in [1.54, 1.807) is 0 Å². The van der Waals surface area contributed by atoms with Crippen LogP contribution in [0.15, 0.2) is 30.3 Å². The van der Waals surface area contributed by atoms with E-state index in [2.05, 4.69) is 10.4 Å². The fourth-order valence-electron chi connectivity index (χ4n) is 4.00. The van der Waals surface area contributed by atoms with Crippen molar-refractivity contribution in [3.05, 3.63) is 64.5 Å². The van der Waals surface area contributed by atoms with Gasteiger partial charge in [-0.15, -0.1) is 0 Å². The number of rotatable bonds is 7. The molecular formula is C24H23F3N4O4. The third-order valence-electron chi connectivity index (χ3n) is 5.82. The average molecular weight is 488 g/mol. The first kappa shape index (κ1) is 24.3. The molecule has 1 aromatic heterocycles. The van der Waals surface area contributed by atoms with Crippen molar-refractivity contribution in [2.75, 3.05) is 26.1 Å². The van der Waals surface area contributed by atoms with Crippen LogP contribution in [-0.4, -0.2) is 42.3 Å². The van der Waals surface area contributed by atoms with Gasteiger partial charge in [-0.25, -0.2) is 17.9 Å². The smallest absolute Gasteiger partial charge is 0.255 e. The number of nitrogens with one attached hydrogen (secondary N) is 1. The number of ether oxygens (including phenoxy) is 2. The van der Waals surface area contributed by atoms with Crippen LogP contribution in [0.3, 0.4) is 0 Å². The highest BCUT2D eigenvalue weighted by Gasteiger charge is 2.26. The van der Waals surface area contributed by atoms with Crippen molar-refractivity contribution < 1.29 is 32.2 Å². The molecule has 184 valence electrons. The van der Waals surface area contributed by atoms with Crippen LogP contribution in [0.25, 0.3) is 11.3 Å². The van der Waals surface area contributed by atoms with Crippen LogP contribution in [0.4, 0.5) is 19.0 Å². The minimum Gasteiger partial charge on any atom is -0.496 e. The first-order chi connectivity index (χ1) is 16.8. The van der Waals surface area contributed by atoms with Crippen LogP contribution in [-0.2, 0) is 11.3 Å². The summed E-state index contributed by atoms with van der Waals surface area (Å²) in [6, 6.07) is 4.98. The van der Waals surface area contributed by atoms with Crippen molar-refractivity contribution in [2.45, 2.75) is 25.4 Å². The van der Waals surface area contributed by atoms with Gasteiger partial charge in [-0.1, -0.05) is 0 Å². The van der Waals surface area contributed by atoms with Crippen molar-refractivity contribution in [2.24, 2.45) is 0 Å². The molecule has 1 fully saturated rings. The number of aldehydes is 1. The predicted molar refractivity (Wildman–Crippen MR) is 121 cm³/mol. The monoisotopic (exact) mass is 488 g/mol. The summed E-state index contributed by atoms with van der Waals surface area (Å²) in [5.74, 6) is -2.89. The number of hydrogen-bond donors (Lipinski definition) is 2. The quantitative estimate of drug-likeness (QED) is 0.492. The normalized spacial score (nSPS) is 15.6. The summed E-state index contributed by atoms with van der Waals surface area (Å²) in [6.07, 6.45) is 1.95. The zero-order chi connectivity index (χ0) is 25.1. The van der Waals surface area contributed by atoms with Crippen molar-refractivity contribution >= 4 is 18.0 Å². The second-order valence-electron chi connectivity index (χ2n) is 8.03. The maximum Gasteiger partial charge on any atom is 0.255 e. The molecular weight excluding hydrogens is 465 g/mol. The first-order valence-corrected chi connectivity index (χ1v) is 10.8. The number of carbonyl (C=O) groups excluding carboxylic acids is 2. The molecule has 3 aromatic rings. The summed E-state index contributed by atoms with van der Waals surface area (Å²) in [5, 5.41) is 6.72. The molecule has 1 atom stereocenters. The van der Waals surface area contributed by atoms with E-state index in [0.29, 0.717) is 19.5 Å². The summed E-state index contributed by atoms with van der Waals surface area (Å²) in [4.78, 5) is 24.2. The number of aromatic nitrogens is 2. The lowest BCUT2D eigenvalue weighted by molar-refractivity contribution is 0.0558. The molecule has 3 N–H and O–H groups in total. The summed E-state index contributed by atoms with van der Waals surface area (Å²) < 4.78 is 55.4. The van der Waals surface area contributed by atoms with E-state index >= 15 is 4.39 Å². The van der Waals surface area contributed by atoms with Crippen molar-refractivity contribution in [3.8, 4) is 17.0 Å². The molecule has 11 heteroatoms.